The van der Waals surface area contributed by atoms with E-state index in [2.05, 4.69) is 0 Å². The zero-order valence-electron chi connectivity index (χ0n) is 8.17. The first kappa shape index (κ1) is 12.1. The Morgan fingerprint density at radius 2 is 1.75 bits per heavy atom. The number of rotatable bonds is 4. The molecule has 2 N–H and O–H groups in total. The van der Waals surface area contributed by atoms with E-state index in [-0.39, 0.29) is 12.8 Å². The highest BCUT2D eigenvalue weighted by molar-refractivity contribution is 5.92. The lowest BCUT2D eigenvalue weighted by Gasteiger charge is -2.06. The van der Waals surface area contributed by atoms with Crippen LogP contribution in [0.3, 0.4) is 0 Å². The van der Waals surface area contributed by atoms with Gasteiger partial charge in [0.15, 0.2) is 0 Å². The summed E-state index contributed by atoms with van der Waals surface area (Å²) in [6, 6.07) is 3.16. The van der Waals surface area contributed by atoms with E-state index < -0.39 is 29.2 Å². The van der Waals surface area contributed by atoms with E-state index in [1.165, 1.54) is 0 Å². The Morgan fingerprint density at radius 3 is 2.25 bits per heavy atom. The van der Waals surface area contributed by atoms with E-state index in [0.29, 0.717) is 0 Å². The highest BCUT2D eigenvalue weighted by atomic mass is 19.1. The number of hydrogen-bond acceptors (Lipinski definition) is 2. The molecule has 0 atom stereocenters. The highest BCUT2D eigenvalue weighted by Crippen LogP contribution is 2.18. The first-order valence-corrected chi connectivity index (χ1v) is 4.46. The maximum Gasteiger partial charge on any atom is 0.303 e. The lowest BCUT2D eigenvalue weighted by Crippen LogP contribution is -2.15. The monoisotopic (exact) mass is 229 g/mol. The Bertz CT molecular complexity index is 400. The van der Waals surface area contributed by atoms with Crippen LogP contribution in [0.5, 0.6) is 0 Å². The van der Waals surface area contributed by atoms with Crippen LogP contribution in [0.15, 0.2) is 18.2 Å². The highest BCUT2D eigenvalue weighted by Gasteiger charge is 2.12. The van der Waals surface area contributed by atoms with E-state index in [1.54, 1.807) is 0 Å². The lowest BCUT2D eigenvalue weighted by molar-refractivity contribution is -0.138. The van der Waals surface area contributed by atoms with Gasteiger partial charge in [-0.25, -0.2) is 8.78 Å². The molecular formula is C10H9F2NO3. The van der Waals surface area contributed by atoms with Gasteiger partial charge in [0, 0.05) is 6.42 Å². The number of hydrogen-bond donors (Lipinski definition) is 2. The number of aliphatic carboxylic acids is 1. The molecule has 86 valence electrons. The molecule has 0 bridgehead atoms. The van der Waals surface area contributed by atoms with Crippen molar-refractivity contribution in [2.24, 2.45) is 0 Å². The number of carbonyl (C=O) groups is 2. The van der Waals surface area contributed by atoms with Crippen molar-refractivity contribution in [1.29, 1.82) is 0 Å². The number of benzene rings is 1. The molecule has 0 fully saturated rings. The van der Waals surface area contributed by atoms with E-state index >= 15 is 0 Å². The van der Waals surface area contributed by atoms with Gasteiger partial charge in [-0.1, -0.05) is 6.07 Å². The van der Waals surface area contributed by atoms with E-state index in [9.17, 15) is 18.4 Å². The van der Waals surface area contributed by atoms with Crippen molar-refractivity contribution >= 4 is 17.6 Å². The first-order chi connectivity index (χ1) is 7.50. The Labute approximate surface area is 89.9 Å². The molecule has 0 heterocycles. The summed E-state index contributed by atoms with van der Waals surface area (Å²) in [5.41, 5.74) is -0.558. The average molecular weight is 229 g/mol. The second-order valence-corrected chi connectivity index (χ2v) is 3.04. The maximum absolute atomic E-state index is 13.0. The summed E-state index contributed by atoms with van der Waals surface area (Å²) in [5.74, 6) is -3.69. The molecule has 0 unspecified atom stereocenters. The molecule has 0 aliphatic carbocycles. The van der Waals surface area contributed by atoms with Crippen LogP contribution in [-0.2, 0) is 9.59 Å². The van der Waals surface area contributed by atoms with Crippen LogP contribution in [0.1, 0.15) is 12.8 Å². The molecule has 16 heavy (non-hydrogen) atoms. The number of carbonyl (C=O) groups excluding carboxylic acids is 1. The zero-order valence-corrected chi connectivity index (χ0v) is 8.17. The molecule has 0 aliphatic rings. The van der Waals surface area contributed by atoms with Gasteiger partial charge in [-0.3, -0.25) is 9.59 Å². The van der Waals surface area contributed by atoms with Crippen LogP contribution >= 0.6 is 0 Å². The standard InChI is InChI=1S/C10H9F2NO3/c11-6-2-1-3-7(12)10(6)13-8(14)4-5-9(15)16/h1-3H,4-5H2,(H,13,14)(H,15,16). The number of carboxylic acid groups (broad SMARTS) is 1. The van der Waals surface area contributed by atoms with Crippen LogP contribution in [0, 0.1) is 11.6 Å². The molecular weight excluding hydrogens is 220 g/mol. The third-order valence-corrected chi connectivity index (χ3v) is 1.79. The van der Waals surface area contributed by atoms with Crippen LogP contribution in [0.4, 0.5) is 14.5 Å². The minimum absolute atomic E-state index is 0.330. The van der Waals surface area contributed by atoms with E-state index in [0.717, 1.165) is 18.2 Å². The maximum atomic E-state index is 13.0. The quantitative estimate of drug-likeness (QED) is 0.826. The summed E-state index contributed by atoms with van der Waals surface area (Å²) >= 11 is 0. The van der Waals surface area contributed by atoms with Crippen molar-refractivity contribution in [2.75, 3.05) is 5.32 Å². The molecule has 0 saturated heterocycles. The van der Waals surface area contributed by atoms with Gasteiger partial charge in [-0.05, 0) is 12.1 Å². The number of halogens is 2. The first-order valence-electron chi connectivity index (χ1n) is 4.46. The molecule has 0 radical (unpaired) electrons. The summed E-state index contributed by atoms with van der Waals surface area (Å²) in [7, 11) is 0. The van der Waals surface area contributed by atoms with Crippen molar-refractivity contribution in [3.05, 3.63) is 29.8 Å². The Hall–Kier alpha value is -1.98. The fourth-order valence-corrected chi connectivity index (χ4v) is 1.04. The summed E-state index contributed by atoms with van der Waals surface area (Å²) < 4.78 is 26.1. The minimum Gasteiger partial charge on any atom is -0.481 e. The number of anilines is 1. The largest absolute Gasteiger partial charge is 0.481 e. The molecule has 0 aliphatic heterocycles. The van der Waals surface area contributed by atoms with Gasteiger partial charge < -0.3 is 10.4 Å². The Balaban J connectivity index is 2.66. The van der Waals surface area contributed by atoms with Gasteiger partial charge in [-0.15, -0.1) is 0 Å². The van der Waals surface area contributed by atoms with Crippen LogP contribution in [-0.4, -0.2) is 17.0 Å². The molecule has 0 saturated carbocycles. The van der Waals surface area contributed by atoms with Crippen molar-refractivity contribution in [1.82, 2.24) is 0 Å². The topological polar surface area (TPSA) is 66.4 Å². The van der Waals surface area contributed by atoms with Crippen molar-refractivity contribution < 1.29 is 23.5 Å². The van der Waals surface area contributed by atoms with E-state index in [4.69, 9.17) is 5.11 Å². The molecule has 0 aromatic heterocycles. The van der Waals surface area contributed by atoms with Crippen LogP contribution in [0.25, 0.3) is 0 Å². The summed E-state index contributed by atoms with van der Waals surface area (Å²) in [6.07, 6.45) is -0.717. The van der Waals surface area contributed by atoms with Gasteiger partial charge in [-0.2, -0.15) is 0 Å². The van der Waals surface area contributed by atoms with Gasteiger partial charge in [0.1, 0.15) is 17.3 Å². The third kappa shape index (κ3) is 3.30. The number of amides is 1. The lowest BCUT2D eigenvalue weighted by atomic mass is 10.2. The summed E-state index contributed by atoms with van der Waals surface area (Å²) in [5, 5.41) is 10.3. The van der Waals surface area contributed by atoms with Crippen LogP contribution < -0.4 is 5.32 Å². The second kappa shape index (κ2) is 5.20. The SMILES string of the molecule is O=C(O)CCC(=O)Nc1c(F)cccc1F. The third-order valence-electron chi connectivity index (χ3n) is 1.79. The molecule has 1 aromatic rings. The molecule has 1 aromatic carbocycles. The van der Waals surface area contributed by atoms with Gasteiger partial charge in [0.05, 0.1) is 6.42 Å². The number of nitrogens with one attached hydrogen (secondary N) is 1. The van der Waals surface area contributed by atoms with Crippen molar-refractivity contribution in [3.63, 3.8) is 0 Å². The van der Waals surface area contributed by atoms with Gasteiger partial charge in [0.2, 0.25) is 5.91 Å². The molecule has 1 rings (SSSR count). The predicted octanol–water partition coefficient (Wildman–Crippen LogP) is 1.77. The summed E-state index contributed by atoms with van der Waals surface area (Å²) in [6.45, 7) is 0. The zero-order chi connectivity index (χ0) is 12.1. The van der Waals surface area contributed by atoms with Crippen LogP contribution in [0.2, 0.25) is 0 Å². The molecule has 0 spiro atoms. The smallest absolute Gasteiger partial charge is 0.303 e. The molecule has 4 nitrogen and oxygen atoms in total. The predicted molar refractivity (Wildman–Crippen MR) is 51.9 cm³/mol. The van der Waals surface area contributed by atoms with Gasteiger partial charge >= 0.3 is 5.97 Å². The van der Waals surface area contributed by atoms with Crippen molar-refractivity contribution in [2.45, 2.75) is 12.8 Å². The van der Waals surface area contributed by atoms with Crippen molar-refractivity contribution in [3.8, 4) is 0 Å². The number of para-hydroxylation sites is 1. The average Bonchev–Trinajstić information content (AvgIpc) is 2.21. The normalized spacial score (nSPS) is 9.88. The molecule has 1 amide bonds. The van der Waals surface area contributed by atoms with E-state index in [1.807, 2.05) is 5.32 Å². The number of carboxylic acids is 1. The fourth-order valence-electron chi connectivity index (χ4n) is 1.04. The minimum atomic E-state index is -1.15. The Kier molecular flexibility index (Phi) is 3.93. The Morgan fingerprint density at radius 1 is 1.19 bits per heavy atom. The fraction of sp³-hybridized carbons (Fsp3) is 0.200. The van der Waals surface area contributed by atoms with Gasteiger partial charge in [0.25, 0.3) is 0 Å². The molecule has 6 heteroatoms. The summed E-state index contributed by atoms with van der Waals surface area (Å²) in [4.78, 5) is 21.3. The second-order valence-electron chi connectivity index (χ2n) is 3.04.